The molecule has 0 aliphatic carbocycles. The molecular weight excluding hydrogens is 425 g/mol. The van der Waals surface area contributed by atoms with E-state index in [1.54, 1.807) is 17.0 Å². The molecule has 6 nitrogen and oxygen atoms in total. The molecule has 1 saturated heterocycles. The van der Waals surface area contributed by atoms with Crippen molar-refractivity contribution < 1.29 is 31.9 Å². The van der Waals surface area contributed by atoms with Crippen LogP contribution in [0.4, 0.5) is 13.2 Å². The summed E-state index contributed by atoms with van der Waals surface area (Å²) in [5, 5.41) is 0. The highest BCUT2D eigenvalue weighted by Crippen LogP contribution is 2.29. The third-order valence-electron chi connectivity index (χ3n) is 5.27. The highest BCUT2D eigenvalue weighted by atomic mass is 19.4. The molecule has 3 rings (SSSR count). The molecule has 32 heavy (non-hydrogen) atoms. The van der Waals surface area contributed by atoms with Gasteiger partial charge in [-0.2, -0.15) is 13.2 Å². The van der Waals surface area contributed by atoms with Crippen molar-refractivity contribution in [2.24, 2.45) is 0 Å². The molecule has 9 heteroatoms. The number of hydrogen-bond acceptors (Lipinski definition) is 4. The van der Waals surface area contributed by atoms with Crippen molar-refractivity contribution in [3.63, 3.8) is 0 Å². The Labute approximate surface area is 184 Å². The summed E-state index contributed by atoms with van der Waals surface area (Å²) in [5.74, 6) is -0.324. The van der Waals surface area contributed by atoms with Gasteiger partial charge in [0.2, 0.25) is 5.91 Å². The topological polar surface area (TPSA) is 63.0 Å². The maximum absolute atomic E-state index is 13.2. The zero-order valence-electron chi connectivity index (χ0n) is 17.9. The van der Waals surface area contributed by atoms with Gasteiger partial charge in [-0.3, -0.25) is 9.59 Å². The van der Waals surface area contributed by atoms with E-state index in [1.165, 1.54) is 23.3 Å². The van der Waals surface area contributed by atoms with Gasteiger partial charge in [0.15, 0.2) is 0 Å². The third kappa shape index (κ3) is 6.35. The van der Waals surface area contributed by atoms with Gasteiger partial charge in [-0.25, -0.2) is 0 Å². The Bertz CT molecular complexity index is 893. The second-order valence-electron chi connectivity index (χ2n) is 7.79. The van der Waals surface area contributed by atoms with Crippen molar-refractivity contribution in [2.75, 3.05) is 26.2 Å². The van der Waals surface area contributed by atoms with Crippen LogP contribution in [-0.4, -0.2) is 54.0 Å². The highest BCUT2D eigenvalue weighted by Gasteiger charge is 2.32. The fourth-order valence-electron chi connectivity index (χ4n) is 3.68. The summed E-state index contributed by atoms with van der Waals surface area (Å²) in [6.45, 7) is 3.07. The average Bonchev–Trinajstić information content (AvgIpc) is 3.46. The number of halogens is 3. The number of ether oxygens (including phenoxy) is 1. The second-order valence-corrected chi connectivity index (χ2v) is 7.79. The van der Waals surface area contributed by atoms with Gasteiger partial charge in [-0.1, -0.05) is 13.0 Å². The van der Waals surface area contributed by atoms with E-state index in [9.17, 15) is 22.8 Å². The van der Waals surface area contributed by atoms with Crippen molar-refractivity contribution >= 4 is 11.8 Å². The quantitative estimate of drug-likeness (QED) is 0.567. The minimum atomic E-state index is -4.55. The molecule has 0 bridgehead atoms. The molecule has 0 N–H and O–H groups in total. The Morgan fingerprint density at radius 3 is 2.59 bits per heavy atom. The number of carbonyl (C=O) groups excluding carboxylic acids is 2. The zero-order valence-corrected chi connectivity index (χ0v) is 17.9. The van der Waals surface area contributed by atoms with Gasteiger partial charge in [0.1, 0.15) is 12.3 Å². The summed E-state index contributed by atoms with van der Waals surface area (Å²) >= 11 is 0. The molecule has 1 aliphatic heterocycles. The van der Waals surface area contributed by atoms with Gasteiger partial charge >= 0.3 is 6.18 Å². The fourth-order valence-corrected chi connectivity index (χ4v) is 3.68. The lowest BCUT2D eigenvalue weighted by Crippen LogP contribution is -2.45. The first-order valence-corrected chi connectivity index (χ1v) is 10.7. The lowest BCUT2D eigenvalue weighted by Gasteiger charge is -2.28. The molecule has 0 radical (unpaired) electrons. The van der Waals surface area contributed by atoms with Gasteiger partial charge in [-0.05, 0) is 49.6 Å². The molecule has 174 valence electrons. The van der Waals surface area contributed by atoms with Gasteiger partial charge in [-0.15, -0.1) is 0 Å². The summed E-state index contributed by atoms with van der Waals surface area (Å²) in [4.78, 5) is 29.0. The van der Waals surface area contributed by atoms with Crippen LogP contribution in [0.5, 0.6) is 0 Å². The Kier molecular flexibility index (Phi) is 7.95. The molecule has 2 amide bonds. The van der Waals surface area contributed by atoms with Crippen LogP contribution in [0.1, 0.15) is 47.9 Å². The molecule has 2 heterocycles. The zero-order chi connectivity index (χ0) is 23.1. The number of carbonyl (C=O) groups is 2. The number of alkyl halides is 3. The first-order chi connectivity index (χ1) is 15.3. The predicted octanol–water partition coefficient (Wildman–Crippen LogP) is 4.36. The fraction of sp³-hybridized carbons (Fsp3) is 0.478. The standard InChI is InChI=1S/C23H27F3N2O4/c1-2-10-27(22(30)17-6-3-7-18(13-17)23(24,25)26)16-21(29)28(14-19-8-4-11-31-19)15-20-9-5-12-32-20/h3-4,6-8,11,13,20H,2,5,9-10,12,14-16H2,1H3. The van der Waals surface area contributed by atoms with Gasteiger partial charge in [0, 0.05) is 25.3 Å². The number of benzene rings is 1. The smallest absolute Gasteiger partial charge is 0.416 e. The number of rotatable bonds is 9. The normalized spacial score (nSPS) is 16.2. The largest absolute Gasteiger partial charge is 0.467 e. The van der Waals surface area contributed by atoms with E-state index in [1.807, 2.05) is 6.92 Å². The number of furan rings is 1. The van der Waals surface area contributed by atoms with Crippen LogP contribution >= 0.6 is 0 Å². The van der Waals surface area contributed by atoms with E-state index in [4.69, 9.17) is 9.15 Å². The lowest BCUT2D eigenvalue weighted by atomic mass is 10.1. The van der Waals surface area contributed by atoms with Crippen LogP contribution in [0, 0.1) is 0 Å². The number of amides is 2. The lowest BCUT2D eigenvalue weighted by molar-refractivity contribution is -0.137. The summed E-state index contributed by atoms with van der Waals surface area (Å²) in [7, 11) is 0. The van der Waals surface area contributed by atoms with Gasteiger partial charge < -0.3 is 19.0 Å². The van der Waals surface area contributed by atoms with E-state index in [0.29, 0.717) is 25.3 Å². The Hall–Kier alpha value is -2.81. The summed E-state index contributed by atoms with van der Waals surface area (Å²) in [6, 6.07) is 7.75. The van der Waals surface area contributed by atoms with Crippen molar-refractivity contribution in [1.29, 1.82) is 0 Å². The molecular formula is C23H27F3N2O4. The molecule has 1 aliphatic rings. The molecule has 2 aromatic rings. The van der Waals surface area contributed by atoms with Crippen molar-refractivity contribution in [3.8, 4) is 0 Å². The Balaban J connectivity index is 1.75. The summed E-state index contributed by atoms with van der Waals surface area (Å²) < 4.78 is 50.2. The van der Waals surface area contributed by atoms with Crippen LogP contribution in [0.2, 0.25) is 0 Å². The third-order valence-corrected chi connectivity index (χ3v) is 5.27. The van der Waals surface area contributed by atoms with Crippen LogP contribution < -0.4 is 0 Å². The number of nitrogens with zero attached hydrogens (tertiary/aromatic N) is 2. The molecule has 1 unspecified atom stereocenters. The number of hydrogen-bond donors (Lipinski definition) is 0. The highest BCUT2D eigenvalue weighted by molar-refractivity contribution is 5.96. The van der Waals surface area contributed by atoms with E-state index in [2.05, 4.69) is 0 Å². The molecule has 0 spiro atoms. The van der Waals surface area contributed by atoms with Crippen LogP contribution in [0.15, 0.2) is 47.1 Å². The van der Waals surface area contributed by atoms with Crippen LogP contribution in [0.3, 0.4) is 0 Å². The van der Waals surface area contributed by atoms with Crippen molar-refractivity contribution in [2.45, 2.75) is 45.0 Å². The molecule has 1 aromatic carbocycles. The SMILES string of the molecule is CCCN(CC(=O)N(Cc1ccco1)CC1CCCO1)C(=O)c1cccc(C(F)(F)F)c1. The first-order valence-electron chi connectivity index (χ1n) is 10.7. The second kappa shape index (κ2) is 10.7. The maximum atomic E-state index is 13.2. The average molecular weight is 452 g/mol. The maximum Gasteiger partial charge on any atom is 0.416 e. The van der Waals surface area contributed by atoms with Crippen LogP contribution in [0.25, 0.3) is 0 Å². The Morgan fingerprint density at radius 2 is 1.97 bits per heavy atom. The minimum Gasteiger partial charge on any atom is -0.467 e. The molecule has 1 aromatic heterocycles. The minimum absolute atomic E-state index is 0.0901. The van der Waals surface area contributed by atoms with E-state index in [-0.39, 0.29) is 37.2 Å². The van der Waals surface area contributed by atoms with E-state index < -0.39 is 17.6 Å². The van der Waals surface area contributed by atoms with Crippen molar-refractivity contribution in [3.05, 3.63) is 59.5 Å². The Morgan fingerprint density at radius 1 is 1.16 bits per heavy atom. The first kappa shape index (κ1) is 23.8. The van der Waals surface area contributed by atoms with Crippen LogP contribution in [-0.2, 0) is 22.3 Å². The summed E-state index contributed by atoms with van der Waals surface area (Å²) in [5.41, 5.74) is -0.998. The molecule has 1 atom stereocenters. The van der Waals surface area contributed by atoms with Gasteiger partial charge in [0.25, 0.3) is 5.91 Å². The van der Waals surface area contributed by atoms with Crippen molar-refractivity contribution in [1.82, 2.24) is 9.80 Å². The monoisotopic (exact) mass is 452 g/mol. The van der Waals surface area contributed by atoms with E-state index >= 15 is 0 Å². The molecule has 1 fully saturated rings. The molecule has 0 saturated carbocycles. The van der Waals surface area contributed by atoms with E-state index in [0.717, 1.165) is 25.0 Å². The van der Waals surface area contributed by atoms with Gasteiger partial charge in [0.05, 0.1) is 24.5 Å². The summed E-state index contributed by atoms with van der Waals surface area (Å²) in [6.07, 6.45) is -0.810. The predicted molar refractivity (Wildman–Crippen MR) is 111 cm³/mol.